The van der Waals surface area contributed by atoms with Gasteiger partial charge < -0.3 is 10.2 Å². The Hall–Kier alpha value is -1.65. The van der Waals surface area contributed by atoms with Crippen molar-refractivity contribution in [1.82, 2.24) is 15.2 Å². The molecular formula is C16H18ClN3O. The van der Waals surface area contributed by atoms with Crippen molar-refractivity contribution in [1.29, 1.82) is 0 Å². The van der Waals surface area contributed by atoms with Crippen molar-refractivity contribution in [3.05, 3.63) is 41.0 Å². The first-order valence-electron chi connectivity index (χ1n) is 7.15. The number of carbonyl (C=O) groups excluding carboxylic acids is 1. The van der Waals surface area contributed by atoms with E-state index < -0.39 is 0 Å². The largest absolute Gasteiger partial charge is 0.335 e. The number of fused-ring (bicyclic) bond motifs is 1. The van der Waals surface area contributed by atoms with Gasteiger partial charge in [0.15, 0.2) is 0 Å². The summed E-state index contributed by atoms with van der Waals surface area (Å²) in [7, 11) is 0. The van der Waals surface area contributed by atoms with Gasteiger partial charge in [-0.15, -0.1) is 0 Å². The van der Waals surface area contributed by atoms with Crippen LogP contribution in [-0.2, 0) is 0 Å². The third-order valence-corrected chi connectivity index (χ3v) is 4.12. The Morgan fingerprint density at radius 3 is 2.71 bits per heavy atom. The predicted octanol–water partition coefficient (Wildman–Crippen LogP) is 2.71. The van der Waals surface area contributed by atoms with Crippen molar-refractivity contribution >= 4 is 28.4 Å². The molecule has 21 heavy (non-hydrogen) atoms. The number of pyridine rings is 1. The molecule has 0 spiro atoms. The fourth-order valence-corrected chi connectivity index (χ4v) is 3.19. The second kappa shape index (κ2) is 5.62. The molecule has 2 atom stereocenters. The van der Waals surface area contributed by atoms with Gasteiger partial charge in [0.05, 0.1) is 16.1 Å². The second-order valence-corrected chi connectivity index (χ2v) is 6.08. The van der Waals surface area contributed by atoms with Crippen LogP contribution in [0.5, 0.6) is 0 Å². The molecule has 1 aromatic heterocycles. The molecule has 0 radical (unpaired) electrons. The van der Waals surface area contributed by atoms with Crippen LogP contribution in [-0.4, -0.2) is 41.0 Å². The first-order valence-corrected chi connectivity index (χ1v) is 7.52. The maximum atomic E-state index is 12.8. The summed E-state index contributed by atoms with van der Waals surface area (Å²) in [4.78, 5) is 19.1. The number of rotatable bonds is 1. The Morgan fingerprint density at radius 2 is 2.00 bits per heavy atom. The maximum absolute atomic E-state index is 12.8. The maximum Gasteiger partial charge on any atom is 0.256 e. The van der Waals surface area contributed by atoms with Gasteiger partial charge in [0.1, 0.15) is 0 Å². The predicted molar refractivity (Wildman–Crippen MR) is 84.7 cm³/mol. The Bertz CT molecular complexity index is 678. The molecule has 1 fully saturated rings. The van der Waals surface area contributed by atoms with Crippen LogP contribution >= 0.6 is 11.6 Å². The normalized spacial score (nSPS) is 22.5. The van der Waals surface area contributed by atoms with Crippen LogP contribution in [0.3, 0.4) is 0 Å². The number of aromatic nitrogens is 1. The van der Waals surface area contributed by atoms with Gasteiger partial charge in [0.2, 0.25) is 0 Å². The molecule has 0 aliphatic carbocycles. The monoisotopic (exact) mass is 303 g/mol. The SMILES string of the molecule is CC1CN(C(=O)c2ccc(Cl)c3cccnc23)CC(C)N1. The zero-order valence-corrected chi connectivity index (χ0v) is 12.9. The number of carbonyl (C=O) groups is 1. The summed E-state index contributed by atoms with van der Waals surface area (Å²) in [5.74, 6) is 0.0237. The summed E-state index contributed by atoms with van der Waals surface area (Å²) in [6, 6.07) is 7.86. The molecule has 0 saturated carbocycles. The van der Waals surface area contributed by atoms with E-state index in [1.54, 1.807) is 18.3 Å². The number of halogens is 1. The van der Waals surface area contributed by atoms with Crippen molar-refractivity contribution in [2.45, 2.75) is 25.9 Å². The van der Waals surface area contributed by atoms with Crippen molar-refractivity contribution < 1.29 is 4.79 Å². The van der Waals surface area contributed by atoms with Gasteiger partial charge >= 0.3 is 0 Å². The van der Waals surface area contributed by atoms with Gasteiger partial charge in [-0.3, -0.25) is 9.78 Å². The van der Waals surface area contributed by atoms with Crippen LogP contribution in [0, 0.1) is 0 Å². The van der Waals surface area contributed by atoms with E-state index in [0.717, 1.165) is 5.39 Å². The minimum absolute atomic E-state index is 0.0237. The van der Waals surface area contributed by atoms with Gasteiger partial charge in [-0.1, -0.05) is 11.6 Å². The standard InChI is InChI=1S/C16H18ClN3O/c1-10-8-20(9-11(2)19-10)16(21)13-5-6-14(17)12-4-3-7-18-15(12)13/h3-7,10-11,19H,8-9H2,1-2H3. The molecule has 3 rings (SSSR count). The molecule has 4 nitrogen and oxygen atoms in total. The van der Waals surface area contributed by atoms with Gasteiger partial charge in [0, 0.05) is 36.8 Å². The number of nitrogens with zero attached hydrogens (tertiary/aromatic N) is 2. The summed E-state index contributed by atoms with van der Waals surface area (Å²) >= 11 is 6.19. The quantitative estimate of drug-likeness (QED) is 0.881. The molecule has 2 heterocycles. The number of benzene rings is 1. The molecule has 2 aromatic rings. The summed E-state index contributed by atoms with van der Waals surface area (Å²) in [6.07, 6.45) is 1.69. The highest BCUT2D eigenvalue weighted by Gasteiger charge is 2.26. The third-order valence-electron chi connectivity index (χ3n) is 3.79. The van der Waals surface area contributed by atoms with Crippen molar-refractivity contribution in [2.24, 2.45) is 0 Å². The van der Waals surface area contributed by atoms with Crippen molar-refractivity contribution in [2.75, 3.05) is 13.1 Å². The van der Waals surface area contributed by atoms with E-state index in [0.29, 0.717) is 41.3 Å². The average Bonchev–Trinajstić information content (AvgIpc) is 2.46. The zero-order valence-electron chi connectivity index (χ0n) is 12.1. The van der Waals surface area contributed by atoms with Crippen LogP contribution < -0.4 is 5.32 Å². The lowest BCUT2D eigenvalue weighted by Gasteiger charge is -2.36. The first kappa shape index (κ1) is 14.3. The number of hydrogen-bond donors (Lipinski definition) is 1. The molecule has 1 saturated heterocycles. The van der Waals surface area contributed by atoms with Gasteiger partial charge in [-0.25, -0.2) is 0 Å². The molecule has 5 heteroatoms. The number of nitrogens with one attached hydrogen (secondary N) is 1. The second-order valence-electron chi connectivity index (χ2n) is 5.67. The molecular weight excluding hydrogens is 286 g/mol. The molecule has 1 amide bonds. The number of piperazine rings is 1. The summed E-state index contributed by atoms with van der Waals surface area (Å²) < 4.78 is 0. The highest BCUT2D eigenvalue weighted by Crippen LogP contribution is 2.26. The number of hydrogen-bond acceptors (Lipinski definition) is 3. The smallest absolute Gasteiger partial charge is 0.256 e. The topological polar surface area (TPSA) is 45.2 Å². The fourth-order valence-electron chi connectivity index (χ4n) is 2.97. The van der Waals surface area contributed by atoms with E-state index in [9.17, 15) is 4.79 Å². The summed E-state index contributed by atoms with van der Waals surface area (Å²) in [6.45, 7) is 5.60. The van der Waals surface area contributed by atoms with E-state index in [2.05, 4.69) is 24.1 Å². The van der Waals surface area contributed by atoms with Gasteiger partial charge in [-0.2, -0.15) is 0 Å². The highest BCUT2D eigenvalue weighted by molar-refractivity contribution is 6.36. The Morgan fingerprint density at radius 1 is 1.29 bits per heavy atom. The Kier molecular flexibility index (Phi) is 3.83. The lowest BCUT2D eigenvalue weighted by molar-refractivity contribution is 0.0675. The fraction of sp³-hybridized carbons (Fsp3) is 0.375. The Labute approximate surface area is 129 Å². The van der Waals surface area contributed by atoms with Crippen molar-refractivity contribution in [3.8, 4) is 0 Å². The molecule has 1 N–H and O–H groups in total. The minimum Gasteiger partial charge on any atom is -0.335 e. The van der Waals surface area contributed by atoms with E-state index in [1.165, 1.54) is 0 Å². The molecule has 1 aliphatic rings. The van der Waals surface area contributed by atoms with Crippen LogP contribution in [0.15, 0.2) is 30.5 Å². The summed E-state index contributed by atoms with van der Waals surface area (Å²) in [5.41, 5.74) is 1.30. The van der Waals surface area contributed by atoms with E-state index >= 15 is 0 Å². The van der Waals surface area contributed by atoms with E-state index in [1.807, 2.05) is 17.0 Å². The van der Waals surface area contributed by atoms with Gasteiger partial charge in [-0.05, 0) is 38.1 Å². The molecule has 1 aromatic carbocycles. The van der Waals surface area contributed by atoms with Crippen LogP contribution in [0.2, 0.25) is 5.02 Å². The lowest BCUT2D eigenvalue weighted by atomic mass is 10.1. The van der Waals surface area contributed by atoms with Gasteiger partial charge in [0.25, 0.3) is 5.91 Å². The highest BCUT2D eigenvalue weighted by atomic mass is 35.5. The Balaban J connectivity index is 2.00. The number of amides is 1. The van der Waals surface area contributed by atoms with E-state index in [4.69, 9.17) is 11.6 Å². The van der Waals surface area contributed by atoms with Crippen LogP contribution in [0.25, 0.3) is 10.9 Å². The molecule has 2 unspecified atom stereocenters. The van der Waals surface area contributed by atoms with E-state index in [-0.39, 0.29) is 5.91 Å². The minimum atomic E-state index is 0.0237. The summed E-state index contributed by atoms with van der Waals surface area (Å²) in [5, 5.41) is 4.87. The first-order chi connectivity index (χ1) is 10.1. The molecule has 110 valence electrons. The lowest BCUT2D eigenvalue weighted by Crippen LogP contribution is -2.55. The molecule has 0 bridgehead atoms. The third kappa shape index (κ3) is 2.74. The molecule has 1 aliphatic heterocycles. The zero-order chi connectivity index (χ0) is 15.0. The van der Waals surface area contributed by atoms with Crippen molar-refractivity contribution in [3.63, 3.8) is 0 Å². The van der Waals surface area contributed by atoms with Crippen LogP contribution in [0.4, 0.5) is 0 Å². The van der Waals surface area contributed by atoms with Crippen LogP contribution in [0.1, 0.15) is 24.2 Å². The average molecular weight is 304 g/mol.